The highest BCUT2D eigenvalue weighted by atomic mass is 35.5. The van der Waals surface area contributed by atoms with Gasteiger partial charge in [0.25, 0.3) is 5.91 Å². The number of rotatable bonds is 3. The Morgan fingerprint density at radius 3 is 2.28 bits per heavy atom. The van der Waals surface area contributed by atoms with E-state index in [9.17, 15) is 9.59 Å². The number of nitrogens with one attached hydrogen (secondary N) is 1. The SMILES string of the molecule is O=C1CC(NC23CC4CC(CC(C4)C2)C3)C(=O)N1c1cccc(Cl)c1. The van der Waals surface area contributed by atoms with Gasteiger partial charge in [-0.2, -0.15) is 0 Å². The molecule has 25 heavy (non-hydrogen) atoms. The second-order valence-corrected chi connectivity index (χ2v) is 9.08. The summed E-state index contributed by atoms with van der Waals surface area (Å²) in [6.07, 6.45) is 7.89. The first-order valence-corrected chi connectivity index (χ1v) is 9.79. The third-order valence-corrected chi connectivity index (χ3v) is 6.97. The summed E-state index contributed by atoms with van der Waals surface area (Å²) in [5, 5.41) is 4.21. The van der Waals surface area contributed by atoms with Crippen LogP contribution in [-0.4, -0.2) is 23.4 Å². The van der Waals surface area contributed by atoms with Crippen LogP contribution in [0.4, 0.5) is 5.69 Å². The number of benzene rings is 1. The number of nitrogens with zero attached hydrogens (tertiary/aromatic N) is 1. The molecule has 1 heterocycles. The van der Waals surface area contributed by atoms with Crippen LogP contribution >= 0.6 is 11.6 Å². The van der Waals surface area contributed by atoms with E-state index < -0.39 is 0 Å². The van der Waals surface area contributed by atoms with Gasteiger partial charge in [0.05, 0.1) is 18.2 Å². The van der Waals surface area contributed by atoms with Gasteiger partial charge in [-0.05, 0) is 74.5 Å². The highest BCUT2D eigenvalue weighted by molar-refractivity contribution is 6.31. The number of carbonyl (C=O) groups is 2. The summed E-state index contributed by atoms with van der Waals surface area (Å²) in [7, 11) is 0. The molecule has 5 fully saturated rings. The van der Waals surface area contributed by atoms with Crippen molar-refractivity contribution in [1.29, 1.82) is 0 Å². The minimum absolute atomic E-state index is 0.0830. The number of amides is 2. The number of hydrogen-bond acceptors (Lipinski definition) is 3. The molecule has 1 aliphatic heterocycles. The maximum absolute atomic E-state index is 13.0. The van der Waals surface area contributed by atoms with Crippen molar-refractivity contribution in [2.45, 2.75) is 56.5 Å². The lowest BCUT2D eigenvalue weighted by Crippen LogP contribution is -2.61. The van der Waals surface area contributed by atoms with Crippen LogP contribution in [-0.2, 0) is 9.59 Å². The standard InChI is InChI=1S/C20H23ClN2O2/c21-15-2-1-3-16(7-15)23-18(24)8-17(19(23)25)22-20-9-12-4-13(10-20)6-14(5-12)11-20/h1-3,7,12-14,17,22H,4-6,8-11H2. The molecular weight excluding hydrogens is 336 g/mol. The van der Waals surface area contributed by atoms with E-state index in [1.54, 1.807) is 24.3 Å². The van der Waals surface area contributed by atoms with Crippen molar-refractivity contribution in [2.75, 3.05) is 4.90 Å². The fourth-order valence-corrected chi connectivity index (χ4v) is 6.47. The Labute approximate surface area is 152 Å². The molecule has 4 bridgehead atoms. The first-order valence-electron chi connectivity index (χ1n) is 9.41. The van der Waals surface area contributed by atoms with Crippen molar-refractivity contribution in [1.82, 2.24) is 5.32 Å². The number of imide groups is 1. The molecule has 1 saturated heterocycles. The van der Waals surface area contributed by atoms with Crippen molar-refractivity contribution in [3.63, 3.8) is 0 Å². The monoisotopic (exact) mass is 358 g/mol. The second-order valence-electron chi connectivity index (χ2n) is 8.65. The van der Waals surface area contributed by atoms with E-state index >= 15 is 0 Å². The predicted octanol–water partition coefficient (Wildman–Crippen LogP) is 3.53. The van der Waals surface area contributed by atoms with Gasteiger partial charge >= 0.3 is 0 Å². The van der Waals surface area contributed by atoms with Crippen LogP contribution in [0.5, 0.6) is 0 Å². The zero-order chi connectivity index (χ0) is 17.2. The highest BCUT2D eigenvalue weighted by Gasteiger charge is 2.53. The smallest absolute Gasteiger partial charge is 0.251 e. The summed E-state index contributed by atoms with van der Waals surface area (Å²) in [6, 6.07) is 6.60. The van der Waals surface area contributed by atoms with E-state index in [0.29, 0.717) is 10.7 Å². The van der Waals surface area contributed by atoms with Gasteiger partial charge in [-0.15, -0.1) is 0 Å². The first-order chi connectivity index (χ1) is 12.0. The summed E-state index contributed by atoms with van der Waals surface area (Å²) in [5.41, 5.74) is 0.664. The molecule has 1 aromatic carbocycles. The Kier molecular flexibility index (Phi) is 3.52. The van der Waals surface area contributed by atoms with E-state index in [1.165, 1.54) is 43.4 Å². The van der Waals surface area contributed by atoms with Gasteiger partial charge in [-0.3, -0.25) is 14.9 Å². The van der Waals surface area contributed by atoms with Crippen LogP contribution in [0.3, 0.4) is 0 Å². The van der Waals surface area contributed by atoms with Crippen LogP contribution in [0.2, 0.25) is 5.02 Å². The molecule has 2 amide bonds. The topological polar surface area (TPSA) is 49.4 Å². The largest absolute Gasteiger partial charge is 0.300 e. The maximum Gasteiger partial charge on any atom is 0.251 e. The quantitative estimate of drug-likeness (QED) is 0.841. The lowest BCUT2D eigenvalue weighted by molar-refractivity contribution is -0.122. The summed E-state index contributed by atoms with van der Waals surface area (Å²) >= 11 is 6.03. The summed E-state index contributed by atoms with van der Waals surface area (Å²) in [4.78, 5) is 26.8. The van der Waals surface area contributed by atoms with Gasteiger partial charge in [-0.1, -0.05) is 17.7 Å². The fourth-order valence-electron chi connectivity index (χ4n) is 6.29. The molecule has 1 atom stereocenters. The molecule has 132 valence electrons. The Bertz CT molecular complexity index is 712. The molecule has 5 aliphatic rings. The summed E-state index contributed by atoms with van der Waals surface area (Å²) < 4.78 is 0. The van der Waals surface area contributed by atoms with Crippen LogP contribution in [0, 0.1) is 17.8 Å². The average Bonchev–Trinajstić information content (AvgIpc) is 2.79. The van der Waals surface area contributed by atoms with Crippen LogP contribution in [0.25, 0.3) is 0 Å². The molecule has 6 rings (SSSR count). The lowest BCUT2D eigenvalue weighted by Gasteiger charge is -2.57. The molecular formula is C20H23ClN2O2. The number of anilines is 1. The number of carbonyl (C=O) groups excluding carboxylic acids is 2. The van der Waals surface area contributed by atoms with E-state index in [4.69, 9.17) is 11.6 Å². The molecule has 1 aromatic rings. The van der Waals surface area contributed by atoms with Gasteiger partial charge in [-0.25, -0.2) is 4.90 Å². The third kappa shape index (κ3) is 2.61. The van der Waals surface area contributed by atoms with Gasteiger partial charge in [0, 0.05) is 10.6 Å². The minimum atomic E-state index is -0.386. The van der Waals surface area contributed by atoms with Crippen molar-refractivity contribution < 1.29 is 9.59 Å². The minimum Gasteiger partial charge on any atom is -0.300 e. The Balaban J connectivity index is 1.37. The fraction of sp³-hybridized carbons (Fsp3) is 0.600. The predicted molar refractivity (Wildman–Crippen MR) is 96.4 cm³/mol. The maximum atomic E-state index is 13.0. The van der Waals surface area contributed by atoms with E-state index in [0.717, 1.165) is 17.8 Å². The van der Waals surface area contributed by atoms with Crippen molar-refractivity contribution >= 4 is 29.1 Å². The summed E-state index contributed by atoms with van der Waals surface area (Å²) in [5.74, 6) is 2.19. The Morgan fingerprint density at radius 2 is 1.68 bits per heavy atom. The molecule has 4 aliphatic carbocycles. The molecule has 0 radical (unpaired) electrons. The van der Waals surface area contributed by atoms with Crippen LogP contribution in [0.1, 0.15) is 44.9 Å². The van der Waals surface area contributed by atoms with Gasteiger partial charge in [0.15, 0.2) is 0 Å². The highest BCUT2D eigenvalue weighted by Crippen LogP contribution is 2.55. The molecule has 0 spiro atoms. The first kappa shape index (κ1) is 15.8. The molecule has 4 saturated carbocycles. The zero-order valence-electron chi connectivity index (χ0n) is 14.2. The third-order valence-electron chi connectivity index (χ3n) is 6.73. The second kappa shape index (κ2) is 5.55. The Hall–Kier alpha value is -1.39. The molecule has 1 unspecified atom stereocenters. The lowest BCUT2D eigenvalue weighted by atomic mass is 9.53. The number of halogens is 1. The van der Waals surface area contributed by atoms with E-state index in [-0.39, 0.29) is 29.8 Å². The van der Waals surface area contributed by atoms with Gasteiger partial charge in [0.1, 0.15) is 0 Å². The van der Waals surface area contributed by atoms with Crippen LogP contribution < -0.4 is 10.2 Å². The van der Waals surface area contributed by atoms with E-state index in [1.807, 2.05) is 0 Å². The van der Waals surface area contributed by atoms with Crippen molar-refractivity contribution in [3.8, 4) is 0 Å². The average molecular weight is 359 g/mol. The molecule has 1 N–H and O–H groups in total. The zero-order valence-corrected chi connectivity index (χ0v) is 15.0. The van der Waals surface area contributed by atoms with Gasteiger partial charge < -0.3 is 0 Å². The summed E-state index contributed by atoms with van der Waals surface area (Å²) in [6.45, 7) is 0. The van der Waals surface area contributed by atoms with Gasteiger partial charge in [0.2, 0.25) is 5.91 Å². The van der Waals surface area contributed by atoms with Crippen molar-refractivity contribution in [2.24, 2.45) is 17.8 Å². The number of hydrogen-bond donors (Lipinski definition) is 1. The van der Waals surface area contributed by atoms with Crippen LogP contribution in [0.15, 0.2) is 24.3 Å². The molecule has 0 aromatic heterocycles. The molecule has 5 heteroatoms. The van der Waals surface area contributed by atoms with E-state index in [2.05, 4.69) is 5.32 Å². The normalized spacial score (nSPS) is 39.5. The molecule has 4 nitrogen and oxygen atoms in total. The van der Waals surface area contributed by atoms with Crippen molar-refractivity contribution in [3.05, 3.63) is 29.3 Å². The Morgan fingerprint density at radius 1 is 1.04 bits per heavy atom.